The van der Waals surface area contributed by atoms with Crippen LogP contribution in [0.1, 0.15) is 5.56 Å². The van der Waals surface area contributed by atoms with Crippen LogP contribution < -0.4 is 16.4 Å². The number of halogens is 2. The van der Waals surface area contributed by atoms with Crippen LogP contribution in [0.25, 0.3) is 0 Å². The van der Waals surface area contributed by atoms with E-state index >= 15 is 0 Å². The van der Waals surface area contributed by atoms with Crippen LogP contribution in [-0.2, 0) is 0 Å². The molecule has 25 heavy (non-hydrogen) atoms. The van der Waals surface area contributed by atoms with E-state index in [0.717, 1.165) is 17.1 Å². The molecule has 126 valence electrons. The highest BCUT2D eigenvalue weighted by atomic mass is 35.5. The topological polar surface area (TPSA) is 79.1 Å². The second kappa shape index (κ2) is 7.80. The normalized spacial score (nSPS) is 9.76. The van der Waals surface area contributed by atoms with Crippen LogP contribution in [-0.4, -0.2) is 0 Å². The van der Waals surface area contributed by atoms with Crippen molar-refractivity contribution >= 4 is 52.4 Å². The Morgan fingerprint density at radius 3 is 1.80 bits per heavy atom. The standard InChI is InChI=1S/C19H15ClN4.ClH/c20-15-11-14(10-9-13(15)12-21)24(18-7-3-1-5-16(18)22)19-8-4-2-6-17(19)23;/h1-11H,22-23H2;1H. The van der Waals surface area contributed by atoms with Crippen LogP contribution in [0.5, 0.6) is 0 Å². The van der Waals surface area contributed by atoms with Crippen LogP contribution in [0.3, 0.4) is 0 Å². The molecule has 0 aromatic heterocycles. The first-order valence-corrected chi connectivity index (χ1v) is 7.68. The lowest BCUT2D eigenvalue weighted by molar-refractivity contribution is 1.28. The zero-order valence-corrected chi connectivity index (χ0v) is 14.8. The van der Waals surface area contributed by atoms with Crippen molar-refractivity contribution in [1.82, 2.24) is 0 Å². The van der Waals surface area contributed by atoms with Crippen LogP contribution in [0.2, 0.25) is 5.02 Å². The van der Waals surface area contributed by atoms with Gasteiger partial charge in [0.1, 0.15) is 6.07 Å². The van der Waals surface area contributed by atoms with Crippen molar-refractivity contribution in [3.63, 3.8) is 0 Å². The molecule has 0 saturated carbocycles. The smallest absolute Gasteiger partial charge is 0.101 e. The second-order valence-corrected chi connectivity index (χ2v) is 5.64. The van der Waals surface area contributed by atoms with Crippen LogP contribution in [0.4, 0.5) is 28.4 Å². The molecular weight excluding hydrogens is 355 g/mol. The highest BCUT2D eigenvalue weighted by Gasteiger charge is 2.17. The summed E-state index contributed by atoms with van der Waals surface area (Å²) in [5.74, 6) is 0. The van der Waals surface area contributed by atoms with Gasteiger partial charge in [-0.1, -0.05) is 35.9 Å². The summed E-state index contributed by atoms with van der Waals surface area (Å²) in [6, 6.07) is 22.3. The summed E-state index contributed by atoms with van der Waals surface area (Å²) in [6.45, 7) is 0. The van der Waals surface area contributed by atoms with Crippen LogP contribution in [0.15, 0.2) is 66.7 Å². The second-order valence-electron chi connectivity index (χ2n) is 5.23. The molecule has 0 atom stereocenters. The number of benzene rings is 3. The lowest BCUT2D eigenvalue weighted by atomic mass is 10.1. The Hall–Kier alpha value is -2.87. The zero-order chi connectivity index (χ0) is 17.1. The Balaban J connectivity index is 0.00000225. The number of nitrogens with zero attached hydrogens (tertiary/aromatic N) is 2. The molecule has 0 fully saturated rings. The van der Waals surface area contributed by atoms with Gasteiger partial charge in [-0.05, 0) is 42.5 Å². The summed E-state index contributed by atoms with van der Waals surface area (Å²) >= 11 is 6.22. The fourth-order valence-corrected chi connectivity index (χ4v) is 2.74. The van der Waals surface area contributed by atoms with Gasteiger partial charge in [-0.3, -0.25) is 0 Å². The fourth-order valence-electron chi connectivity index (χ4n) is 2.52. The number of rotatable bonds is 3. The average molecular weight is 371 g/mol. The number of para-hydroxylation sites is 4. The van der Waals surface area contributed by atoms with E-state index in [1.54, 1.807) is 12.1 Å². The molecule has 0 aliphatic carbocycles. The summed E-state index contributed by atoms with van der Waals surface area (Å²) in [6.07, 6.45) is 0. The van der Waals surface area contributed by atoms with E-state index in [2.05, 4.69) is 6.07 Å². The van der Waals surface area contributed by atoms with Gasteiger partial charge in [-0.2, -0.15) is 5.26 Å². The van der Waals surface area contributed by atoms with Crippen molar-refractivity contribution in [2.75, 3.05) is 16.4 Å². The molecule has 3 rings (SSSR count). The maximum Gasteiger partial charge on any atom is 0.101 e. The third-order valence-corrected chi connectivity index (χ3v) is 4.00. The van der Waals surface area contributed by atoms with Crippen molar-refractivity contribution in [2.45, 2.75) is 0 Å². The Bertz CT molecular complexity index is 889. The summed E-state index contributed by atoms with van der Waals surface area (Å²) in [5.41, 5.74) is 16.3. The fraction of sp³-hybridized carbons (Fsp3) is 0. The Kier molecular flexibility index (Phi) is 5.76. The Morgan fingerprint density at radius 2 is 1.36 bits per heavy atom. The van der Waals surface area contributed by atoms with Gasteiger partial charge in [0, 0.05) is 5.69 Å². The highest BCUT2D eigenvalue weighted by molar-refractivity contribution is 6.32. The van der Waals surface area contributed by atoms with Crippen molar-refractivity contribution in [3.8, 4) is 6.07 Å². The number of hydrogen-bond acceptors (Lipinski definition) is 4. The summed E-state index contributed by atoms with van der Waals surface area (Å²) in [4.78, 5) is 1.93. The number of hydrogen-bond donors (Lipinski definition) is 2. The summed E-state index contributed by atoms with van der Waals surface area (Å²) in [5, 5.41) is 9.46. The van der Waals surface area contributed by atoms with Crippen LogP contribution in [0, 0.1) is 11.3 Å². The Morgan fingerprint density at radius 1 is 0.840 bits per heavy atom. The quantitative estimate of drug-likeness (QED) is 0.615. The zero-order valence-electron chi connectivity index (χ0n) is 13.2. The molecule has 0 amide bonds. The van der Waals surface area contributed by atoms with Gasteiger partial charge in [0.2, 0.25) is 0 Å². The number of anilines is 5. The number of nitrogen functional groups attached to an aromatic ring is 2. The first-order chi connectivity index (χ1) is 11.6. The molecule has 4 nitrogen and oxygen atoms in total. The maximum absolute atomic E-state index is 9.08. The third-order valence-electron chi connectivity index (χ3n) is 3.69. The van der Waals surface area contributed by atoms with Crippen molar-refractivity contribution in [2.24, 2.45) is 0 Å². The molecule has 4 N–H and O–H groups in total. The predicted octanol–water partition coefficient (Wildman–Crippen LogP) is 5.27. The van der Waals surface area contributed by atoms with E-state index < -0.39 is 0 Å². The largest absolute Gasteiger partial charge is 0.397 e. The minimum atomic E-state index is 0. The average Bonchev–Trinajstić information content (AvgIpc) is 2.58. The molecule has 0 aliphatic rings. The molecule has 0 heterocycles. The van der Waals surface area contributed by atoms with Gasteiger partial charge < -0.3 is 16.4 Å². The monoisotopic (exact) mass is 370 g/mol. The lowest BCUT2D eigenvalue weighted by Gasteiger charge is -2.28. The molecule has 0 aliphatic heterocycles. The van der Waals surface area contributed by atoms with E-state index in [-0.39, 0.29) is 12.4 Å². The van der Waals surface area contributed by atoms with E-state index in [9.17, 15) is 0 Å². The summed E-state index contributed by atoms with van der Waals surface area (Å²) < 4.78 is 0. The molecule has 0 spiro atoms. The SMILES string of the molecule is Cl.N#Cc1ccc(N(c2ccccc2N)c2ccccc2N)cc1Cl. The van der Waals surface area contributed by atoms with Crippen LogP contribution >= 0.6 is 24.0 Å². The molecule has 0 bridgehead atoms. The first kappa shape index (κ1) is 18.5. The van der Waals surface area contributed by atoms with E-state index in [1.807, 2.05) is 59.5 Å². The van der Waals surface area contributed by atoms with Gasteiger partial charge in [0.05, 0.1) is 33.3 Å². The number of nitriles is 1. The first-order valence-electron chi connectivity index (χ1n) is 7.30. The molecule has 0 unspecified atom stereocenters. The lowest BCUT2D eigenvalue weighted by Crippen LogP contribution is -2.13. The van der Waals surface area contributed by atoms with E-state index in [0.29, 0.717) is 22.0 Å². The molecule has 3 aromatic rings. The maximum atomic E-state index is 9.08. The summed E-state index contributed by atoms with van der Waals surface area (Å²) in [7, 11) is 0. The van der Waals surface area contributed by atoms with Gasteiger partial charge in [0.15, 0.2) is 0 Å². The minimum absolute atomic E-state index is 0. The van der Waals surface area contributed by atoms with E-state index in [1.165, 1.54) is 0 Å². The molecular formula is C19H16Cl2N4. The van der Waals surface area contributed by atoms with Gasteiger partial charge >= 0.3 is 0 Å². The number of nitrogens with two attached hydrogens (primary N) is 2. The van der Waals surface area contributed by atoms with Crippen molar-refractivity contribution < 1.29 is 0 Å². The molecule has 6 heteroatoms. The van der Waals surface area contributed by atoms with Gasteiger partial charge in [0.25, 0.3) is 0 Å². The highest BCUT2D eigenvalue weighted by Crippen LogP contribution is 2.41. The van der Waals surface area contributed by atoms with Gasteiger partial charge in [-0.25, -0.2) is 0 Å². The predicted molar refractivity (Wildman–Crippen MR) is 107 cm³/mol. The molecule has 3 aromatic carbocycles. The molecule has 0 radical (unpaired) electrons. The minimum Gasteiger partial charge on any atom is -0.397 e. The third kappa shape index (κ3) is 3.63. The van der Waals surface area contributed by atoms with Crippen molar-refractivity contribution in [3.05, 3.63) is 77.3 Å². The van der Waals surface area contributed by atoms with Gasteiger partial charge in [-0.15, -0.1) is 12.4 Å². The molecule has 0 saturated heterocycles. The Labute approximate surface area is 157 Å². The van der Waals surface area contributed by atoms with E-state index in [4.69, 9.17) is 28.3 Å². The van der Waals surface area contributed by atoms with Crippen molar-refractivity contribution in [1.29, 1.82) is 5.26 Å².